The van der Waals surface area contributed by atoms with Crippen LogP contribution in [-0.4, -0.2) is 39.6 Å². The van der Waals surface area contributed by atoms with Gasteiger partial charge in [-0.2, -0.15) is 0 Å². The van der Waals surface area contributed by atoms with Crippen LogP contribution in [0.2, 0.25) is 0 Å². The van der Waals surface area contributed by atoms with Gasteiger partial charge in [0.15, 0.2) is 9.89 Å². The number of benzene rings is 1. The van der Waals surface area contributed by atoms with Crippen molar-refractivity contribution in [1.29, 1.82) is 0 Å². The predicted molar refractivity (Wildman–Crippen MR) is 126 cm³/mol. The zero-order chi connectivity index (χ0) is 22.9. The molecule has 0 saturated carbocycles. The number of aryl methyl sites for hydroxylation is 1. The van der Waals surface area contributed by atoms with Crippen LogP contribution in [0.3, 0.4) is 0 Å². The zero-order valence-corrected chi connectivity index (χ0v) is 20.8. The molecule has 11 heteroatoms. The summed E-state index contributed by atoms with van der Waals surface area (Å²) >= 11 is 1.91. The summed E-state index contributed by atoms with van der Waals surface area (Å²) in [5, 5.41) is 0. The predicted octanol–water partition coefficient (Wildman–Crippen LogP) is 3.60. The summed E-state index contributed by atoms with van der Waals surface area (Å²) < 4.78 is 36.1. The molecule has 9 nitrogen and oxygen atoms in total. The van der Waals surface area contributed by atoms with Gasteiger partial charge in [-0.15, -0.1) is 0 Å². The van der Waals surface area contributed by atoms with Gasteiger partial charge in [0, 0.05) is 11.8 Å². The summed E-state index contributed by atoms with van der Waals surface area (Å²) in [5.74, 6) is 0. The fourth-order valence-electron chi connectivity index (χ4n) is 2.76. The molecule has 0 aliphatic rings. The zero-order valence-electron chi connectivity index (χ0n) is 17.8. The lowest BCUT2D eigenvalue weighted by atomic mass is 10.2. The Morgan fingerprint density at radius 2 is 1.74 bits per heavy atom. The summed E-state index contributed by atoms with van der Waals surface area (Å²) in [6, 6.07) is 9.68. The smallest absolute Gasteiger partial charge is 0.347 e. The fourth-order valence-corrected chi connectivity index (χ4v) is 5.90. The van der Waals surface area contributed by atoms with Crippen LogP contribution in [0.5, 0.6) is 0 Å². The van der Waals surface area contributed by atoms with Gasteiger partial charge in [0.05, 0.1) is 33.0 Å². The second-order valence-electron chi connectivity index (χ2n) is 6.53. The quantitative estimate of drug-likeness (QED) is 0.171. The Morgan fingerprint density at radius 1 is 1.10 bits per heavy atom. The second kappa shape index (κ2) is 12.7. The minimum atomic E-state index is -3.61. The molecule has 0 fully saturated rings. The van der Waals surface area contributed by atoms with E-state index in [1.165, 1.54) is 10.8 Å². The summed E-state index contributed by atoms with van der Waals surface area (Å²) in [4.78, 5) is 26.5. The van der Waals surface area contributed by atoms with E-state index in [1.807, 2.05) is 52.9 Å². The molecule has 1 aromatic heterocycles. The Bertz CT molecular complexity index is 969. The average molecular weight is 566 g/mol. The summed E-state index contributed by atoms with van der Waals surface area (Å²) in [5.41, 5.74) is 0.177. The van der Waals surface area contributed by atoms with E-state index in [2.05, 4.69) is 4.98 Å². The van der Waals surface area contributed by atoms with Crippen LogP contribution < -0.4 is 11.2 Å². The molecule has 0 radical (unpaired) electrons. The SMILES string of the molecule is CCOP(=O)(OCC)[C@H](I)[C@@H](OCCOCc1ccccc1)n1cc(C)c(=O)[nH]c1=O. The monoisotopic (exact) mass is 566 g/mol. The number of aromatic nitrogens is 2. The van der Waals surface area contributed by atoms with Crippen molar-refractivity contribution in [1.82, 2.24) is 9.55 Å². The van der Waals surface area contributed by atoms with Crippen molar-refractivity contribution < 1.29 is 23.1 Å². The van der Waals surface area contributed by atoms with E-state index in [0.29, 0.717) is 12.2 Å². The van der Waals surface area contributed by atoms with Crippen LogP contribution >= 0.6 is 30.2 Å². The van der Waals surface area contributed by atoms with Gasteiger partial charge in [-0.3, -0.25) is 18.9 Å². The number of hydrogen-bond acceptors (Lipinski definition) is 7. The molecule has 0 unspecified atom stereocenters. The molecule has 0 amide bonds. The van der Waals surface area contributed by atoms with Crippen LogP contribution in [0.25, 0.3) is 0 Å². The number of nitrogens with zero attached hydrogens (tertiary/aromatic N) is 1. The molecule has 1 N–H and O–H groups in total. The third-order valence-electron chi connectivity index (χ3n) is 4.20. The molecule has 0 aliphatic carbocycles. The highest BCUT2D eigenvalue weighted by atomic mass is 127. The molecule has 2 aromatic rings. The summed E-state index contributed by atoms with van der Waals surface area (Å²) in [6.07, 6.45) is 0.373. The first-order chi connectivity index (χ1) is 14.8. The van der Waals surface area contributed by atoms with Gasteiger partial charge in [-0.1, -0.05) is 52.9 Å². The van der Waals surface area contributed by atoms with Crippen molar-refractivity contribution >= 4 is 30.2 Å². The molecule has 0 spiro atoms. The molecular weight excluding hydrogens is 538 g/mol. The molecule has 31 heavy (non-hydrogen) atoms. The summed E-state index contributed by atoms with van der Waals surface area (Å²) in [7, 11) is -3.61. The number of rotatable bonds is 13. The number of nitrogens with one attached hydrogen (secondary N) is 1. The largest absolute Gasteiger partial charge is 0.374 e. The normalized spacial score (nSPS) is 13.8. The minimum Gasteiger partial charge on any atom is -0.374 e. The fraction of sp³-hybridized carbons (Fsp3) is 0.500. The van der Waals surface area contributed by atoms with Crippen LogP contribution in [0, 0.1) is 6.92 Å². The van der Waals surface area contributed by atoms with Gasteiger partial charge in [-0.05, 0) is 26.3 Å². The number of ether oxygens (including phenoxy) is 2. The van der Waals surface area contributed by atoms with Crippen molar-refractivity contribution in [3.63, 3.8) is 0 Å². The first kappa shape index (κ1) is 26.0. The van der Waals surface area contributed by atoms with Crippen LogP contribution in [0.4, 0.5) is 0 Å². The van der Waals surface area contributed by atoms with Crippen molar-refractivity contribution in [3.05, 3.63) is 68.5 Å². The van der Waals surface area contributed by atoms with Gasteiger partial charge in [0.1, 0.15) is 0 Å². The number of hydrogen-bond donors (Lipinski definition) is 1. The van der Waals surface area contributed by atoms with Crippen LogP contribution in [0.15, 0.2) is 46.1 Å². The van der Waals surface area contributed by atoms with Gasteiger partial charge in [0.25, 0.3) is 5.56 Å². The molecule has 0 saturated heterocycles. The minimum absolute atomic E-state index is 0.125. The van der Waals surface area contributed by atoms with E-state index in [4.69, 9.17) is 18.5 Å². The van der Waals surface area contributed by atoms with Gasteiger partial charge in [-0.25, -0.2) is 4.79 Å². The molecule has 0 bridgehead atoms. The van der Waals surface area contributed by atoms with Crippen LogP contribution in [0.1, 0.15) is 31.2 Å². The third-order valence-corrected chi connectivity index (χ3v) is 8.96. The van der Waals surface area contributed by atoms with Crippen LogP contribution in [-0.2, 0) is 29.7 Å². The van der Waals surface area contributed by atoms with Gasteiger partial charge in [0.2, 0.25) is 0 Å². The van der Waals surface area contributed by atoms with E-state index in [-0.39, 0.29) is 26.4 Å². The molecule has 0 aliphatic heterocycles. The number of alkyl halides is 1. The first-order valence-electron chi connectivity index (χ1n) is 9.90. The highest BCUT2D eigenvalue weighted by molar-refractivity contribution is 14.1. The Kier molecular flexibility index (Phi) is 10.6. The maximum atomic E-state index is 13.3. The molecular formula is C20H28IN2O7P. The van der Waals surface area contributed by atoms with Crippen molar-refractivity contribution in [2.75, 3.05) is 26.4 Å². The average Bonchev–Trinajstić information content (AvgIpc) is 2.74. The molecule has 1 aromatic carbocycles. The van der Waals surface area contributed by atoms with E-state index in [0.717, 1.165) is 5.56 Å². The van der Waals surface area contributed by atoms with Crippen molar-refractivity contribution in [3.8, 4) is 0 Å². The van der Waals surface area contributed by atoms with E-state index in [9.17, 15) is 14.2 Å². The lowest BCUT2D eigenvalue weighted by Gasteiger charge is -2.29. The lowest BCUT2D eigenvalue weighted by Crippen LogP contribution is -2.38. The molecule has 2 rings (SSSR count). The number of halogens is 1. The standard InChI is InChI=1S/C20H28IN2O7P/c1-4-29-31(26,30-5-2)17(21)19(23-13-15(3)18(24)22-20(23)25)28-12-11-27-14-16-9-7-6-8-10-16/h6-10,13,17,19H,4-5,11-12,14H2,1-3H3,(H,22,24,25)/t17-,19+/m0/s1. The van der Waals surface area contributed by atoms with Gasteiger partial charge < -0.3 is 18.5 Å². The third kappa shape index (κ3) is 7.37. The Labute approximate surface area is 194 Å². The molecule has 172 valence electrons. The first-order valence-corrected chi connectivity index (χ1v) is 12.8. The Balaban J connectivity index is 2.19. The highest BCUT2D eigenvalue weighted by Crippen LogP contribution is 2.59. The number of H-pyrrole nitrogens is 1. The maximum absolute atomic E-state index is 13.3. The topological polar surface area (TPSA) is 109 Å². The maximum Gasteiger partial charge on any atom is 0.347 e. The van der Waals surface area contributed by atoms with Crippen molar-refractivity contribution in [2.24, 2.45) is 0 Å². The molecule has 2 atom stereocenters. The van der Waals surface area contributed by atoms with Crippen molar-refractivity contribution in [2.45, 2.75) is 37.3 Å². The van der Waals surface area contributed by atoms with E-state index >= 15 is 0 Å². The van der Waals surface area contributed by atoms with E-state index in [1.54, 1.807) is 20.8 Å². The van der Waals surface area contributed by atoms with E-state index < -0.39 is 28.7 Å². The molecule has 1 heterocycles. The van der Waals surface area contributed by atoms with Gasteiger partial charge >= 0.3 is 13.3 Å². The second-order valence-corrected chi connectivity index (χ2v) is 11.0. The number of aromatic amines is 1. The Morgan fingerprint density at radius 3 is 2.35 bits per heavy atom. The summed E-state index contributed by atoms with van der Waals surface area (Å²) in [6.45, 7) is 6.11. The lowest BCUT2D eigenvalue weighted by molar-refractivity contribution is -0.0293. The highest BCUT2D eigenvalue weighted by Gasteiger charge is 2.41. The Hall–Kier alpha value is -1.30.